The number of ether oxygens (including phenoxy) is 2. The van der Waals surface area contributed by atoms with Crippen LogP contribution in [0.2, 0.25) is 0 Å². The fourth-order valence-electron chi connectivity index (χ4n) is 2.64. The summed E-state index contributed by atoms with van der Waals surface area (Å²) in [6.45, 7) is 10.3. The second-order valence-corrected chi connectivity index (χ2v) is 6.01. The van der Waals surface area contributed by atoms with Crippen LogP contribution in [-0.2, 0) is 4.74 Å². The molecule has 0 radical (unpaired) electrons. The first-order chi connectivity index (χ1) is 12.4. The summed E-state index contributed by atoms with van der Waals surface area (Å²) in [7, 11) is 0. The van der Waals surface area contributed by atoms with Gasteiger partial charge in [0.25, 0.3) is 0 Å². The average molecular weight is 348 g/mol. The Kier molecular flexibility index (Phi) is 9.81. The number of morpholine rings is 1. The molecule has 25 heavy (non-hydrogen) atoms. The number of hydrogen-bond donors (Lipinski definition) is 2. The summed E-state index contributed by atoms with van der Waals surface area (Å²) in [4.78, 5) is 7.06. The summed E-state index contributed by atoms with van der Waals surface area (Å²) in [5.41, 5.74) is 0. The van der Waals surface area contributed by atoms with E-state index in [0.717, 1.165) is 77.0 Å². The quantitative estimate of drug-likeness (QED) is 0.383. The van der Waals surface area contributed by atoms with Gasteiger partial charge in [-0.3, -0.25) is 9.89 Å². The lowest BCUT2D eigenvalue weighted by atomic mass is 10.3. The third-order valence-electron chi connectivity index (χ3n) is 3.98. The Labute approximate surface area is 151 Å². The van der Waals surface area contributed by atoms with Crippen molar-refractivity contribution in [2.45, 2.75) is 19.8 Å². The summed E-state index contributed by atoms with van der Waals surface area (Å²) >= 11 is 0. The van der Waals surface area contributed by atoms with Crippen molar-refractivity contribution in [2.24, 2.45) is 4.99 Å². The van der Waals surface area contributed by atoms with Gasteiger partial charge in [0, 0.05) is 39.1 Å². The third kappa shape index (κ3) is 8.74. The first kappa shape index (κ1) is 19.5. The van der Waals surface area contributed by atoms with E-state index in [2.05, 4.69) is 27.4 Å². The molecule has 0 aromatic heterocycles. The van der Waals surface area contributed by atoms with E-state index in [0.29, 0.717) is 6.61 Å². The number of hydrogen-bond acceptors (Lipinski definition) is 4. The van der Waals surface area contributed by atoms with Gasteiger partial charge in [0.2, 0.25) is 0 Å². The number of nitrogens with one attached hydrogen (secondary N) is 2. The molecule has 1 saturated heterocycles. The normalized spacial score (nSPS) is 15.8. The van der Waals surface area contributed by atoms with Gasteiger partial charge >= 0.3 is 0 Å². The predicted octanol–water partition coefficient (Wildman–Crippen LogP) is 1.73. The van der Waals surface area contributed by atoms with Crippen LogP contribution in [0.5, 0.6) is 5.75 Å². The monoisotopic (exact) mass is 348 g/mol. The molecule has 0 unspecified atom stereocenters. The van der Waals surface area contributed by atoms with Gasteiger partial charge in [-0.25, -0.2) is 0 Å². The van der Waals surface area contributed by atoms with Crippen molar-refractivity contribution in [3.63, 3.8) is 0 Å². The Balaban J connectivity index is 1.57. The third-order valence-corrected chi connectivity index (χ3v) is 3.98. The molecule has 1 heterocycles. The minimum absolute atomic E-state index is 0.684. The molecule has 2 rings (SSSR count). The fourth-order valence-corrected chi connectivity index (χ4v) is 2.64. The van der Waals surface area contributed by atoms with Crippen LogP contribution in [0.15, 0.2) is 35.3 Å². The van der Waals surface area contributed by atoms with Crippen LogP contribution in [-0.4, -0.2) is 69.9 Å². The Bertz CT molecular complexity index is 476. The number of benzene rings is 1. The maximum Gasteiger partial charge on any atom is 0.191 e. The molecular formula is C19H32N4O2. The van der Waals surface area contributed by atoms with E-state index in [1.165, 1.54) is 0 Å². The SMILES string of the molecule is CCNC(=NCCCOc1ccccc1)NCCCN1CCOCC1. The molecule has 1 aromatic carbocycles. The van der Waals surface area contributed by atoms with E-state index >= 15 is 0 Å². The highest BCUT2D eigenvalue weighted by Gasteiger charge is 2.09. The lowest BCUT2D eigenvalue weighted by Gasteiger charge is -2.26. The van der Waals surface area contributed by atoms with Crippen LogP contribution in [0, 0.1) is 0 Å². The molecule has 1 aromatic rings. The number of aliphatic imine (C=N–C) groups is 1. The van der Waals surface area contributed by atoms with Crippen LogP contribution >= 0.6 is 0 Å². The van der Waals surface area contributed by atoms with Crippen LogP contribution in [0.4, 0.5) is 0 Å². The molecule has 1 fully saturated rings. The highest BCUT2D eigenvalue weighted by atomic mass is 16.5. The zero-order valence-corrected chi connectivity index (χ0v) is 15.4. The molecule has 1 aliphatic rings. The summed E-state index contributed by atoms with van der Waals surface area (Å²) in [5, 5.41) is 6.70. The Morgan fingerprint density at radius 2 is 1.96 bits per heavy atom. The smallest absolute Gasteiger partial charge is 0.191 e. The molecule has 0 spiro atoms. The van der Waals surface area contributed by atoms with Crippen LogP contribution in [0.25, 0.3) is 0 Å². The zero-order chi connectivity index (χ0) is 17.6. The molecular weight excluding hydrogens is 316 g/mol. The van der Waals surface area contributed by atoms with Crippen molar-refractivity contribution in [1.29, 1.82) is 0 Å². The summed E-state index contributed by atoms with van der Waals surface area (Å²) in [6.07, 6.45) is 2.01. The van der Waals surface area contributed by atoms with E-state index in [9.17, 15) is 0 Å². The van der Waals surface area contributed by atoms with Crippen molar-refractivity contribution in [2.75, 3.05) is 59.1 Å². The van der Waals surface area contributed by atoms with Gasteiger partial charge in [0.05, 0.1) is 19.8 Å². The molecule has 140 valence electrons. The number of guanidine groups is 1. The van der Waals surface area contributed by atoms with E-state index in [1.54, 1.807) is 0 Å². The second-order valence-electron chi connectivity index (χ2n) is 6.01. The van der Waals surface area contributed by atoms with Crippen molar-refractivity contribution < 1.29 is 9.47 Å². The van der Waals surface area contributed by atoms with Crippen molar-refractivity contribution in [3.8, 4) is 5.75 Å². The Morgan fingerprint density at radius 3 is 2.72 bits per heavy atom. The number of rotatable bonds is 10. The molecule has 0 atom stereocenters. The van der Waals surface area contributed by atoms with E-state index in [4.69, 9.17) is 9.47 Å². The summed E-state index contributed by atoms with van der Waals surface area (Å²) in [5.74, 6) is 1.81. The van der Waals surface area contributed by atoms with Gasteiger partial charge in [-0.1, -0.05) is 18.2 Å². The van der Waals surface area contributed by atoms with Gasteiger partial charge in [-0.2, -0.15) is 0 Å². The molecule has 0 bridgehead atoms. The molecule has 2 N–H and O–H groups in total. The van der Waals surface area contributed by atoms with Gasteiger partial charge in [-0.05, 0) is 32.0 Å². The Morgan fingerprint density at radius 1 is 1.16 bits per heavy atom. The molecule has 6 heteroatoms. The number of nitrogens with zero attached hydrogens (tertiary/aromatic N) is 2. The van der Waals surface area contributed by atoms with Crippen LogP contribution < -0.4 is 15.4 Å². The highest BCUT2D eigenvalue weighted by Crippen LogP contribution is 2.08. The predicted molar refractivity (Wildman–Crippen MR) is 102 cm³/mol. The lowest BCUT2D eigenvalue weighted by Crippen LogP contribution is -2.40. The first-order valence-corrected chi connectivity index (χ1v) is 9.38. The van der Waals surface area contributed by atoms with Crippen molar-refractivity contribution in [3.05, 3.63) is 30.3 Å². The topological polar surface area (TPSA) is 58.1 Å². The largest absolute Gasteiger partial charge is 0.494 e. The fraction of sp³-hybridized carbons (Fsp3) is 0.632. The van der Waals surface area contributed by atoms with Gasteiger partial charge in [0.1, 0.15) is 5.75 Å². The van der Waals surface area contributed by atoms with Crippen LogP contribution in [0.3, 0.4) is 0 Å². The molecule has 0 aliphatic carbocycles. The van der Waals surface area contributed by atoms with E-state index < -0.39 is 0 Å². The molecule has 6 nitrogen and oxygen atoms in total. The number of para-hydroxylation sites is 1. The highest BCUT2D eigenvalue weighted by molar-refractivity contribution is 5.79. The Hall–Kier alpha value is -1.79. The van der Waals surface area contributed by atoms with E-state index in [-0.39, 0.29) is 0 Å². The van der Waals surface area contributed by atoms with Gasteiger partial charge < -0.3 is 20.1 Å². The van der Waals surface area contributed by atoms with Crippen molar-refractivity contribution >= 4 is 5.96 Å². The molecule has 0 saturated carbocycles. The molecule has 0 amide bonds. The lowest BCUT2D eigenvalue weighted by molar-refractivity contribution is 0.0376. The maximum atomic E-state index is 5.69. The first-order valence-electron chi connectivity index (χ1n) is 9.38. The van der Waals surface area contributed by atoms with Crippen LogP contribution in [0.1, 0.15) is 19.8 Å². The average Bonchev–Trinajstić information content (AvgIpc) is 2.66. The molecule has 1 aliphatic heterocycles. The summed E-state index contributed by atoms with van der Waals surface area (Å²) in [6, 6.07) is 9.91. The van der Waals surface area contributed by atoms with Crippen molar-refractivity contribution in [1.82, 2.24) is 15.5 Å². The zero-order valence-electron chi connectivity index (χ0n) is 15.4. The minimum atomic E-state index is 0.684. The van der Waals surface area contributed by atoms with Gasteiger partial charge in [-0.15, -0.1) is 0 Å². The second kappa shape index (κ2) is 12.6. The maximum absolute atomic E-state index is 5.69. The standard InChI is InChI=1S/C19H32N4O2/c1-2-20-19(21-10-6-12-23-13-16-24-17-14-23)22-11-7-15-25-18-8-4-3-5-9-18/h3-5,8-9H,2,6-7,10-17H2,1H3,(H2,20,21,22). The van der Waals surface area contributed by atoms with E-state index in [1.807, 2.05) is 30.3 Å². The minimum Gasteiger partial charge on any atom is -0.494 e. The van der Waals surface area contributed by atoms with Gasteiger partial charge in [0.15, 0.2) is 5.96 Å². The summed E-state index contributed by atoms with van der Waals surface area (Å²) < 4.78 is 11.1.